The molecule has 7 nitrogen and oxygen atoms in total. The van der Waals surface area contributed by atoms with Crippen molar-refractivity contribution in [3.8, 4) is 17.1 Å². The fourth-order valence-electron chi connectivity index (χ4n) is 4.22. The third kappa shape index (κ3) is 4.59. The summed E-state index contributed by atoms with van der Waals surface area (Å²) in [5.41, 5.74) is 4.31. The Balaban J connectivity index is 1.28. The molecule has 8 heteroatoms. The van der Waals surface area contributed by atoms with Crippen molar-refractivity contribution in [1.29, 1.82) is 0 Å². The van der Waals surface area contributed by atoms with Crippen LogP contribution < -0.4 is 4.90 Å². The van der Waals surface area contributed by atoms with Crippen molar-refractivity contribution >= 4 is 23.4 Å². The molecule has 0 unspecified atom stereocenters. The molecular formula is C26H27N5O2S. The van der Waals surface area contributed by atoms with Crippen LogP contribution in [-0.4, -0.2) is 57.5 Å². The minimum absolute atomic E-state index is 0.123. The predicted molar refractivity (Wildman–Crippen MR) is 134 cm³/mol. The smallest absolute Gasteiger partial charge is 0.233 e. The first-order chi connectivity index (χ1) is 16.6. The molecule has 1 amide bonds. The summed E-state index contributed by atoms with van der Waals surface area (Å²) in [5, 5.41) is 9.55. The fraction of sp³-hybridized carbons (Fsp3) is 0.269. The highest BCUT2D eigenvalue weighted by Gasteiger charge is 2.24. The largest absolute Gasteiger partial charge is 0.469 e. The first-order valence-electron chi connectivity index (χ1n) is 11.4. The number of hydrogen-bond donors (Lipinski definition) is 0. The first-order valence-corrected chi connectivity index (χ1v) is 12.4. The molecule has 0 N–H and O–H groups in total. The summed E-state index contributed by atoms with van der Waals surface area (Å²) in [5.74, 6) is 1.93. The lowest BCUT2D eigenvalue weighted by Gasteiger charge is -2.36. The van der Waals surface area contributed by atoms with E-state index in [0.29, 0.717) is 16.7 Å². The van der Waals surface area contributed by atoms with E-state index in [-0.39, 0.29) is 5.91 Å². The number of benzene rings is 2. The second-order valence-corrected chi connectivity index (χ2v) is 9.31. The van der Waals surface area contributed by atoms with E-state index in [1.807, 2.05) is 52.8 Å². The molecule has 2 aromatic heterocycles. The highest BCUT2D eigenvalue weighted by atomic mass is 32.2. The maximum Gasteiger partial charge on any atom is 0.233 e. The van der Waals surface area contributed by atoms with Gasteiger partial charge in [0.1, 0.15) is 5.76 Å². The molecular weight excluding hydrogens is 446 g/mol. The summed E-state index contributed by atoms with van der Waals surface area (Å²) in [4.78, 5) is 17.3. The summed E-state index contributed by atoms with van der Waals surface area (Å²) in [6.07, 6.45) is 1.65. The van der Waals surface area contributed by atoms with Gasteiger partial charge in [0.05, 0.1) is 17.6 Å². The SMILES string of the molecule is Cc1cccc(N2CCN(C(=O)CSc3nnc(-c4ccoc4C)n3-c3ccccc3)CC2)c1. The van der Waals surface area contributed by atoms with Crippen LogP contribution in [-0.2, 0) is 4.79 Å². The van der Waals surface area contributed by atoms with E-state index in [1.54, 1.807) is 6.26 Å². The molecule has 0 atom stereocenters. The quantitative estimate of drug-likeness (QED) is 0.382. The predicted octanol–water partition coefficient (Wildman–Crippen LogP) is 4.59. The van der Waals surface area contributed by atoms with E-state index in [0.717, 1.165) is 43.2 Å². The topological polar surface area (TPSA) is 67.4 Å². The number of nitrogens with zero attached hydrogens (tertiary/aromatic N) is 5. The van der Waals surface area contributed by atoms with Crippen LogP contribution >= 0.6 is 11.8 Å². The Morgan fingerprint density at radius 1 is 0.941 bits per heavy atom. The number of furan rings is 1. The molecule has 0 spiro atoms. The number of aromatic nitrogens is 3. The second kappa shape index (κ2) is 9.77. The lowest BCUT2D eigenvalue weighted by molar-refractivity contribution is -0.128. The number of para-hydroxylation sites is 1. The molecule has 34 heavy (non-hydrogen) atoms. The van der Waals surface area contributed by atoms with Gasteiger partial charge in [0, 0.05) is 37.6 Å². The van der Waals surface area contributed by atoms with E-state index < -0.39 is 0 Å². The summed E-state index contributed by atoms with van der Waals surface area (Å²) < 4.78 is 7.48. The molecule has 2 aromatic carbocycles. The molecule has 0 radical (unpaired) electrons. The third-order valence-corrected chi connectivity index (χ3v) is 6.99. The minimum Gasteiger partial charge on any atom is -0.469 e. The fourth-order valence-corrected chi connectivity index (χ4v) is 5.08. The van der Waals surface area contributed by atoms with Crippen LogP contribution in [0.25, 0.3) is 17.1 Å². The molecule has 0 bridgehead atoms. The van der Waals surface area contributed by atoms with Gasteiger partial charge < -0.3 is 14.2 Å². The average molecular weight is 474 g/mol. The number of amides is 1. The number of anilines is 1. The molecule has 5 rings (SSSR count). The van der Waals surface area contributed by atoms with Crippen LogP contribution in [0.4, 0.5) is 5.69 Å². The Bertz CT molecular complexity index is 1280. The van der Waals surface area contributed by atoms with Crippen molar-refractivity contribution in [2.45, 2.75) is 19.0 Å². The second-order valence-electron chi connectivity index (χ2n) is 8.36. The Morgan fingerprint density at radius 3 is 2.41 bits per heavy atom. The van der Waals surface area contributed by atoms with Crippen LogP contribution in [0.3, 0.4) is 0 Å². The molecule has 1 fully saturated rings. The van der Waals surface area contributed by atoms with E-state index >= 15 is 0 Å². The zero-order valence-corrected chi connectivity index (χ0v) is 20.2. The zero-order chi connectivity index (χ0) is 23.5. The molecule has 1 aliphatic rings. The monoisotopic (exact) mass is 473 g/mol. The van der Waals surface area contributed by atoms with Crippen molar-refractivity contribution < 1.29 is 9.21 Å². The lowest BCUT2D eigenvalue weighted by atomic mass is 10.2. The maximum atomic E-state index is 13.0. The summed E-state index contributed by atoms with van der Waals surface area (Å²) in [6, 6.07) is 20.4. The van der Waals surface area contributed by atoms with Gasteiger partial charge >= 0.3 is 0 Å². The van der Waals surface area contributed by atoms with Crippen molar-refractivity contribution in [3.05, 3.63) is 78.3 Å². The minimum atomic E-state index is 0.123. The number of piperazine rings is 1. The van der Waals surface area contributed by atoms with Gasteiger partial charge in [-0.05, 0) is 49.7 Å². The van der Waals surface area contributed by atoms with Gasteiger partial charge in [-0.2, -0.15) is 0 Å². The van der Waals surface area contributed by atoms with E-state index in [9.17, 15) is 4.79 Å². The Hall–Kier alpha value is -3.52. The average Bonchev–Trinajstić information content (AvgIpc) is 3.48. The van der Waals surface area contributed by atoms with Crippen LogP contribution in [0.1, 0.15) is 11.3 Å². The van der Waals surface area contributed by atoms with Gasteiger partial charge in [0.15, 0.2) is 11.0 Å². The lowest BCUT2D eigenvalue weighted by Crippen LogP contribution is -2.49. The first kappa shape index (κ1) is 22.3. The molecule has 4 aromatic rings. The third-order valence-electron chi connectivity index (χ3n) is 6.07. The molecule has 1 saturated heterocycles. The number of carbonyl (C=O) groups excluding carboxylic acids is 1. The van der Waals surface area contributed by atoms with Gasteiger partial charge in [0.25, 0.3) is 0 Å². The molecule has 174 valence electrons. The number of thioether (sulfide) groups is 1. The standard InChI is InChI=1S/C26H27N5O2S/c1-19-7-6-10-22(17-19)29-12-14-30(15-13-29)24(32)18-34-26-28-27-25(23-11-16-33-20(23)2)31(26)21-8-4-3-5-9-21/h3-11,16-17H,12-15,18H2,1-2H3. The highest BCUT2D eigenvalue weighted by molar-refractivity contribution is 7.99. The maximum absolute atomic E-state index is 13.0. The Labute approximate surface area is 203 Å². The van der Waals surface area contributed by atoms with Gasteiger partial charge in [-0.1, -0.05) is 42.1 Å². The van der Waals surface area contributed by atoms with Crippen molar-refractivity contribution in [1.82, 2.24) is 19.7 Å². The highest BCUT2D eigenvalue weighted by Crippen LogP contribution is 2.30. The molecule has 0 aliphatic carbocycles. The van der Waals surface area contributed by atoms with Crippen molar-refractivity contribution in [3.63, 3.8) is 0 Å². The zero-order valence-electron chi connectivity index (χ0n) is 19.3. The summed E-state index contributed by atoms with van der Waals surface area (Å²) in [7, 11) is 0. The Kier molecular flexibility index (Phi) is 6.40. The van der Waals surface area contributed by atoms with E-state index in [4.69, 9.17) is 4.42 Å². The van der Waals surface area contributed by atoms with Crippen molar-refractivity contribution in [2.24, 2.45) is 0 Å². The van der Waals surface area contributed by atoms with Gasteiger partial charge in [-0.25, -0.2) is 0 Å². The summed E-state index contributed by atoms with van der Waals surface area (Å²) in [6.45, 7) is 7.13. The molecule has 0 saturated carbocycles. The number of aryl methyl sites for hydroxylation is 2. The molecule has 3 heterocycles. The normalized spacial score (nSPS) is 13.9. The molecule has 1 aliphatic heterocycles. The van der Waals surface area contributed by atoms with Gasteiger partial charge in [-0.3, -0.25) is 9.36 Å². The van der Waals surface area contributed by atoms with Gasteiger partial charge in [-0.15, -0.1) is 10.2 Å². The van der Waals surface area contributed by atoms with Crippen LogP contribution in [0.15, 0.2) is 76.5 Å². The van der Waals surface area contributed by atoms with E-state index in [2.05, 4.69) is 46.3 Å². The van der Waals surface area contributed by atoms with Crippen LogP contribution in [0.2, 0.25) is 0 Å². The van der Waals surface area contributed by atoms with Crippen molar-refractivity contribution in [2.75, 3.05) is 36.8 Å². The number of rotatable bonds is 6. The Morgan fingerprint density at radius 2 is 1.71 bits per heavy atom. The van der Waals surface area contributed by atoms with E-state index in [1.165, 1.54) is 23.0 Å². The van der Waals surface area contributed by atoms with Gasteiger partial charge in [0.2, 0.25) is 5.91 Å². The van der Waals surface area contributed by atoms with Crippen LogP contribution in [0, 0.1) is 13.8 Å². The van der Waals surface area contributed by atoms with Crippen LogP contribution in [0.5, 0.6) is 0 Å². The summed E-state index contributed by atoms with van der Waals surface area (Å²) >= 11 is 1.42. The number of hydrogen-bond acceptors (Lipinski definition) is 6. The number of carbonyl (C=O) groups is 1.